The summed E-state index contributed by atoms with van der Waals surface area (Å²) in [6, 6.07) is 13.4. The molecule has 0 bridgehead atoms. The number of nitrogens with one attached hydrogen (secondary N) is 1. The van der Waals surface area contributed by atoms with E-state index in [-0.39, 0.29) is 24.3 Å². The highest BCUT2D eigenvalue weighted by Gasteiger charge is 2.37. The molecule has 0 radical (unpaired) electrons. The van der Waals surface area contributed by atoms with Crippen LogP contribution < -0.4 is 10.1 Å². The Morgan fingerprint density at radius 3 is 2.89 bits per heavy atom. The summed E-state index contributed by atoms with van der Waals surface area (Å²) in [7, 11) is 0. The molecule has 4 heterocycles. The van der Waals surface area contributed by atoms with Crippen molar-refractivity contribution in [1.29, 1.82) is 0 Å². The van der Waals surface area contributed by atoms with Gasteiger partial charge in [-0.3, -0.25) is 9.59 Å². The highest BCUT2D eigenvalue weighted by atomic mass is 32.1. The Balaban J connectivity index is 1.40. The molecule has 0 aliphatic carbocycles. The normalized spacial score (nSPS) is 20.7. The summed E-state index contributed by atoms with van der Waals surface area (Å²) < 4.78 is 5.83. The van der Waals surface area contributed by atoms with Crippen molar-refractivity contribution in [3.05, 3.63) is 68.5 Å². The van der Waals surface area contributed by atoms with Gasteiger partial charge in [-0.15, -0.1) is 22.7 Å². The lowest BCUT2D eigenvalue weighted by Gasteiger charge is -2.36. The number of rotatable bonds is 3. The number of fused-ring (bicyclic) bond motifs is 2. The lowest BCUT2D eigenvalue weighted by molar-refractivity contribution is -0.138. The summed E-state index contributed by atoms with van der Waals surface area (Å²) in [5.74, 6) is 0.274. The fourth-order valence-electron chi connectivity index (χ4n) is 3.84. The van der Waals surface area contributed by atoms with E-state index in [1.807, 2.05) is 28.5 Å². The molecule has 0 spiro atoms. The van der Waals surface area contributed by atoms with Gasteiger partial charge in [-0.05, 0) is 47.0 Å². The van der Waals surface area contributed by atoms with E-state index in [1.54, 1.807) is 34.8 Å². The molecule has 0 saturated heterocycles. The van der Waals surface area contributed by atoms with Crippen LogP contribution >= 0.6 is 22.7 Å². The van der Waals surface area contributed by atoms with E-state index in [0.717, 1.165) is 11.3 Å². The van der Waals surface area contributed by atoms with Crippen LogP contribution in [0.15, 0.2) is 53.2 Å². The van der Waals surface area contributed by atoms with Crippen LogP contribution in [-0.4, -0.2) is 29.4 Å². The van der Waals surface area contributed by atoms with Crippen LogP contribution in [-0.2, 0) is 16.0 Å². The second-order valence-corrected chi connectivity index (χ2v) is 8.83. The van der Waals surface area contributed by atoms with Crippen LogP contribution in [0.5, 0.6) is 5.75 Å². The van der Waals surface area contributed by atoms with Crippen LogP contribution in [0.3, 0.4) is 0 Å². The number of amides is 2. The van der Waals surface area contributed by atoms with E-state index in [0.29, 0.717) is 18.0 Å². The number of hydrogen-bond donors (Lipinski definition) is 1. The van der Waals surface area contributed by atoms with Crippen molar-refractivity contribution >= 4 is 40.2 Å². The summed E-state index contributed by atoms with van der Waals surface area (Å²) in [4.78, 5) is 30.1. The maximum absolute atomic E-state index is 13.2. The summed E-state index contributed by atoms with van der Waals surface area (Å²) in [6.45, 7) is 0.653. The number of benzene rings is 1. The molecule has 5 rings (SSSR count). The molecule has 2 amide bonds. The molecule has 1 aromatic carbocycles. The predicted octanol–water partition coefficient (Wildman–Crippen LogP) is 4.07. The standard InChI is InChI=1S/C21H18N2O3S2/c24-19(12-16-21(25)22-14-4-1-2-5-15(14)26-16)23-9-7-17-13(8-11-28-17)20(23)18-6-3-10-27-18/h1-6,8,10-11,16,20H,7,9,12H2,(H,22,25)/t16-,20-/m0/s1. The van der Waals surface area contributed by atoms with Gasteiger partial charge in [0.15, 0.2) is 6.10 Å². The number of anilines is 1. The van der Waals surface area contributed by atoms with Gasteiger partial charge in [-0.25, -0.2) is 0 Å². The molecular weight excluding hydrogens is 392 g/mol. The molecule has 28 heavy (non-hydrogen) atoms. The third-order valence-corrected chi connectivity index (χ3v) is 7.09. The smallest absolute Gasteiger partial charge is 0.266 e. The highest BCUT2D eigenvalue weighted by molar-refractivity contribution is 7.10. The van der Waals surface area contributed by atoms with Crippen molar-refractivity contribution in [3.63, 3.8) is 0 Å². The fraction of sp³-hybridized carbons (Fsp3) is 0.238. The van der Waals surface area contributed by atoms with Crippen LogP contribution in [0, 0.1) is 0 Å². The third kappa shape index (κ3) is 3.00. The zero-order valence-electron chi connectivity index (χ0n) is 15.0. The first-order chi connectivity index (χ1) is 13.7. The second kappa shape index (κ2) is 7.07. The molecule has 7 heteroatoms. The topological polar surface area (TPSA) is 58.6 Å². The summed E-state index contributed by atoms with van der Waals surface area (Å²) in [5, 5.41) is 6.96. The lowest BCUT2D eigenvalue weighted by Crippen LogP contribution is -2.45. The number of carbonyl (C=O) groups excluding carboxylic acids is 2. The maximum Gasteiger partial charge on any atom is 0.266 e. The number of ether oxygens (including phenoxy) is 1. The predicted molar refractivity (Wildman–Crippen MR) is 110 cm³/mol. The number of thiophene rings is 2. The Labute approximate surface area is 170 Å². The molecule has 2 atom stereocenters. The minimum absolute atomic E-state index is 0.0293. The number of nitrogens with zero attached hydrogens (tertiary/aromatic N) is 1. The van der Waals surface area contributed by atoms with Gasteiger partial charge < -0.3 is 15.0 Å². The summed E-state index contributed by atoms with van der Waals surface area (Å²) >= 11 is 3.40. The molecule has 2 aromatic heterocycles. The van der Waals surface area contributed by atoms with E-state index in [4.69, 9.17) is 4.74 Å². The first-order valence-electron chi connectivity index (χ1n) is 9.16. The third-order valence-electron chi connectivity index (χ3n) is 5.17. The van der Waals surface area contributed by atoms with E-state index in [1.165, 1.54) is 10.4 Å². The van der Waals surface area contributed by atoms with Gasteiger partial charge >= 0.3 is 0 Å². The molecule has 0 fully saturated rings. The molecule has 2 aliphatic heterocycles. The zero-order valence-corrected chi connectivity index (χ0v) is 16.6. The van der Waals surface area contributed by atoms with Crippen LogP contribution in [0.4, 0.5) is 5.69 Å². The van der Waals surface area contributed by atoms with Crippen molar-refractivity contribution in [2.75, 3.05) is 11.9 Å². The van der Waals surface area contributed by atoms with Crippen molar-refractivity contribution in [3.8, 4) is 5.75 Å². The van der Waals surface area contributed by atoms with Gasteiger partial charge in [0.1, 0.15) is 5.75 Å². The molecule has 0 unspecified atom stereocenters. The Morgan fingerprint density at radius 1 is 1.14 bits per heavy atom. The van der Waals surface area contributed by atoms with E-state index < -0.39 is 6.10 Å². The van der Waals surface area contributed by atoms with Gasteiger partial charge in [-0.2, -0.15) is 0 Å². The molecule has 0 saturated carbocycles. The van der Waals surface area contributed by atoms with Gasteiger partial charge in [0.05, 0.1) is 18.2 Å². The Hall–Kier alpha value is -2.64. The molecule has 5 nitrogen and oxygen atoms in total. The van der Waals surface area contributed by atoms with Crippen molar-refractivity contribution < 1.29 is 14.3 Å². The fourth-order valence-corrected chi connectivity index (χ4v) is 5.60. The molecular formula is C21H18N2O3S2. The average Bonchev–Trinajstić information content (AvgIpc) is 3.39. The Bertz CT molecular complexity index is 1030. The van der Waals surface area contributed by atoms with Crippen LogP contribution in [0.25, 0.3) is 0 Å². The zero-order chi connectivity index (χ0) is 19.1. The van der Waals surface area contributed by atoms with E-state index in [9.17, 15) is 9.59 Å². The highest BCUT2D eigenvalue weighted by Crippen LogP contribution is 2.40. The van der Waals surface area contributed by atoms with E-state index in [2.05, 4.69) is 22.8 Å². The quantitative estimate of drug-likeness (QED) is 0.708. The number of para-hydroxylation sites is 2. The van der Waals surface area contributed by atoms with Crippen LogP contribution in [0.1, 0.15) is 27.8 Å². The number of carbonyl (C=O) groups is 2. The Morgan fingerprint density at radius 2 is 2.04 bits per heavy atom. The maximum atomic E-state index is 13.2. The minimum atomic E-state index is -0.810. The molecule has 1 N–H and O–H groups in total. The lowest BCUT2D eigenvalue weighted by atomic mass is 9.97. The van der Waals surface area contributed by atoms with Crippen LogP contribution in [0.2, 0.25) is 0 Å². The average molecular weight is 411 g/mol. The molecule has 3 aromatic rings. The summed E-state index contributed by atoms with van der Waals surface area (Å²) in [6.07, 6.45) is 0.0677. The van der Waals surface area contributed by atoms with Gasteiger partial charge in [0.25, 0.3) is 5.91 Å². The first kappa shape index (κ1) is 17.5. The van der Waals surface area contributed by atoms with Gasteiger partial charge in [-0.1, -0.05) is 18.2 Å². The number of hydrogen-bond acceptors (Lipinski definition) is 5. The summed E-state index contributed by atoms with van der Waals surface area (Å²) in [5.41, 5.74) is 1.85. The van der Waals surface area contributed by atoms with Crippen molar-refractivity contribution in [2.45, 2.75) is 25.0 Å². The Kier molecular flexibility index (Phi) is 4.41. The largest absolute Gasteiger partial charge is 0.478 e. The molecule has 2 aliphatic rings. The van der Waals surface area contributed by atoms with Gasteiger partial charge in [0.2, 0.25) is 5.91 Å². The van der Waals surface area contributed by atoms with Crippen molar-refractivity contribution in [1.82, 2.24) is 4.90 Å². The van der Waals surface area contributed by atoms with Gasteiger partial charge in [0, 0.05) is 16.3 Å². The second-order valence-electron chi connectivity index (χ2n) is 6.85. The monoisotopic (exact) mass is 410 g/mol. The molecule has 142 valence electrons. The van der Waals surface area contributed by atoms with E-state index >= 15 is 0 Å². The van der Waals surface area contributed by atoms with Crippen molar-refractivity contribution in [2.24, 2.45) is 0 Å². The minimum Gasteiger partial charge on any atom is -0.478 e. The first-order valence-corrected chi connectivity index (χ1v) is 10.9. The SMILES string of the molecule is O=C1Nc2ccccc2O[C@H]1CC(=O)N1CCc2sccc2[C@H]1c1cccs1.